The van der Waals surface area contributed by atoms with Crippen molar-refractivity contribution in [1.82, 2.24) is 16.0 Å². The average molecular weight is 1370 g/mol. The average Bonchev–Trinajstić information content (AvgIpc) is 0.773. The predicted octanol–water partition coefficient (Wildman–Crippen LogP) is -17.0. The minimum atomic E-state index is -3.24. The van der Waals surface area contributed by atoms with Gasteiger partial charge in [-0.25, -0.2) is 4.79 Å². The maximum absolute atomic E-state index is 13.1. The minimum Gasteiger partial charge on any atom is -0.477 e. The van der Waals surface area contributed by atoms with Gasteiger partial charge in [-0.05, 0) is 0 Å². The zero-order valence-corrected chi connectivity index (χ0v) is 49.8. The Bertz CT molecular complexity index is 2360. The van der Waals surface area contributed by atoms with E-state index in [1.165, 1.54) is 0 Å². The molecule has 0 bridgehead atoms. The first kappa shape index (κ1) is 78.5. The van der Waals surface area contributed by atoms with E-state index in [2.05, 4.69) is 16.0 Å². The van der Waals surface area contributed by atoms with Crippen LogP contribution in [0.4, 0.5) is 0 Å². The van der Waals surface area contributed by atoms with Gasteiger partial charge < -0.3 is 190 Å². The second-order valence-electron chi connectivity index (χ2n) is 23.0. The first-order valence-corrected chi connectivity index (χ1v) is 29.2. The first-order valence-electron chi connectivity index (χ1n) is 29.2. The fourth-order valence-corrected chi connectivity index (χ4v) is 11.4. The fourth-order valence-electron chi connectivity index (χ4n) is 11.4. The van der Waals surface area contributed by atoms with E-state index in [-0.39, 0.29) is 0 Å². The Labute approximate surface area is 526 Å². The molecule has 26 N–H and O–H groups in total. The van der Waals surface area contributed by atoms with Crippen LogP contribution in [0.2, 0.25) is 0 Å². The first-order chi connectivity index (χ1) is 43.8. The van der Waals surface area contributed by atoms with Gasteiger partial charge in [0.25, 0.3) is 5.79 Å². The number of carbonyl (C=O) groups excluding carboxylic acids is 3. The van der Waals surface area contributed by atoms with Gasteiger partial charge in [0.2, 0.25) is 17.7 Å². The second kappa shape index (κ2) is 34.3. The third-order valence-electron chi connectivity index (χ3n) is 16.3. The van der Waals surface area contributed by atoms with Gasteiger partial charge in [-0.2, -0.15) is 0 Å². The number of aliphatic carboxylic acids is 1. The van der Waals surface area contributed by atoms with Crippen molar-refractivity contribution < 1.29 is 193 Å². The van der Waals surface area contributed by atoms with Crippen molar-refractivity contribution in [2.24, 2.45) is 0 Å². The number of amides is 3. The lowest BCUT2D eigenvalue weighted by Crippen LogP contribution is -2.71. The lowest BCUT2D eigenvalue weighted by Gasteiger charge is -2.51. The Kier molecular flexibility index (Phi) is 29.0. The summed E-state index contributed by atoms with van der Waals surface area (Å²) in [5.74, 6) is -8.08. The number of ether oxygens (including phenoxy) is 12. The molecule has 6 rings (SSSR count). The molecule has 42 nitrogen and oxygen atoms in total. The van der Waals surface area contributed by atoms with E-state index in [0.29, 0.717) is 0 Å². The number of hydrogen-bond acceptors (Lipinski definition) is 38. The summed E-state index contributed by atoms with van der Waals surface area (Å²) in [6.45, 7) is -6.20. The van der Waals surface area contributed by atoms with E-state index in [1.807, 2.05) is 0 Å². The lowest BCUT2D eigenvalue weighted by atomic mass is 9.88. The van der Waals surface area contributed by atoms with Crippen LogP contribution in [-0.2, 0) is 76.0 Å². The number of carbonyl (C=O) groups is 4. The molecular weight excluding hydrogens is 1280 g/mol. The third kappa shape index (κ3) is 17.9. The number of carboxylic acid groups (broad SMARTS) is 1. The van der Waals surface area contributed by atoms with Gasteiger partial charge >= 0.3 is 5.97 Å². The van der Waals surface area contributed by atoms with Gasteiger partial charge in [0.15, 0.2) is 31.5 Å². The van der Waals surface area contributed by atoms with Crippen molar-refractivity contribution in [2.75, 3.05) is 52.9 Å². The van der Waals surface area contributed by atoms with Gasteiger partial charge in [0.1, 0.15) is 165 Å². The standard InChI is InChI=1S/C51H87N3O39/c1-13(62)52-25-16(65)4-51(50(80)81,92-42(25)29(70)18(67)6-56)93-44-31(72)21(9-59)84-49(38(44)79)90-40-22(10-60)85-45(26(33(40)74)53-14(2)63)82-12-24-32(73)43(37(78)48(87-24)88-39(19(68)7-57)28(69)17(66)5-55)91-46-27(54-15(3)64)34(75)41(23(11-61)86-46)89-47-36(77)35(76)30(71)20(8-58)83-47/h16-49,55-61,65-79H,4-12H2,1-3H3,(H,52,62)(H,53,63)(H,54,64)(H,80,81)/t16-,17-,18+,19+,20+,21+,22+,23+,24+,25+,26+,27+,28+,29+,30-,31-,32-,33+,34+,35-,36+,37+,38+,39+,40+,41+,42+,43-,44-,45+,46-,47-,48-,49-,51-/m0/s1. The van der Waals surface area contributed by atoms with Crippen LogP contribution in [0, 0.1) is 0 Å². The highest BCUT2D eigenvalue weighted by atomic mass is 16.8. The fraction of sp³-hybridized carbons (Fsp3) is 0.922. The third-order valence-corrected chi connectivity index (χ3v) is 16.3. The molecule has 35 atom stereocenters. The topological polar surface area (TPSA) is 680 Å². The summed E-state index contributed by atoms with van der Waals surface area (Å²) in [6.07, 6.45) is -66.7. The number of nitrogens with one attached hydrogen (secondary N) is 3. The molecule has 0 aromatic carbocycles. The van der Waals surface area contributed by atoms with Crippen molar-refractivity contribution in [2.45, 2.75) is 241 Å². The van der Waals surface area contributed by atoms with Gasteiger partial charge in [-0.15, -0.1) is 0 Å². The van der Waals surface area contributed by atoms with E-state index in [4.69, 9.17) is 56.8 Å². The Morgan fingerprint density at radius 2 is 0.892 bits per heavy atom. The van der Waals surface area contributed by atoms with Crippen LogP contribution in [0.3, 0.4) is 0 Å². The smallest absolute Gasteiger partial charge is 0.364 e. The molecular formula is C51H87N3O39. The van der Waals surface area contributed by atoms with E-state index in [0.717, 1.165) is 20.8 Å². The molecule has 0 saturated carbocycles. The normalized spacial score (nSPS) is 43.6. The summed E-state index contributed by atoms with van der Waals surface area (Å²) >= 11 is 0. The molecule has 6 heterocycles. The summed E-state index contributed by atoms with van der Waals surface area (Å²) in [7, 11) is 0. The highest BCUT2D eigenvalue weighted by molar-refractivity contribution is 5.77. The summed E-state index contributed by atoms with van der Waals surface area (Å²) in [5.41, 5.74) is 0. The molecule has 0 aromatic rings. The monoisotopic (exact) mass is 1370 g/mol. The number of rotatable bonds is 29. The number of aliphatic hydroxyl groups is 22. The Morgan fingerprint density at radius 1 is 0.462 bits per heavy atom. The van der Waals surface area contributed by atoms with Gasteiger partial charge in [-0.3, -0.25) is 14.4 Å². The molecule has 93 heavy (non-hydrogen) atoms. The Morgan fingerprint density at radius 3 is 1.39 bits per heavy atom. The molecule has 6 fully saturated rings. The van der Waals surface area contributed by atoms with Crippen LogP contribution < -0.4 is 16.0 Å². The zero-order chi connectivity index (χ0) is 69.4. The molecule has 42 heteroatoms. The molecule has 0 aromatic heterocycles. The highest BCUT2D eigenvalue weighted by Crippen LogP contribution is 2.40. The van der Waals surface area contributed by atoms with Crippen LogP contribution in [-0.4, -0.2) is 408 Å². The molecule has 6 aliphatic heterocycles. The summed E-state index contributed by atoms with van der Waals surface area (Å²) in [5, 5.41) is 255. The van der Waals surface area contributed by atoms with Crippen molar-refractivity contribution >= 4 is 23.7 Å². The second-order valence-corrected chi connectivity index (χ2v) is 23.0. The molecule has 3 amide bonds. The van der Waals surface area contributed by atoms with E-state index >= 15 is 0 Å². The minimum absolute atomic E-state index is 0.849. The lowest BCUT2D eigenvalue weighted by molar-refractivity contribution is -0.385. The van der Waals surface area contributed by atoms with E-state index < -0.39 is 297 Å². The summed E-state index contributed by atoms with van der Waals surface area (Å²) in [4.78, 5) is 50.7. The van der Waals surface area contributed by atoms with E-state index in [9.17, 15) is 137 Å². The Balaban J connectivity index is 1.29. The van der Waals surface area contributed by atoms with Crippen molar-refractivity contribution in [3.63, 3.8) is 0 Å². The quantitative estimate of drug-likeness (QED) is 0.0331. The molecule has 0 spiro atoms. The zero-order valence-electron chi connectivity index (χ0n) is 49.8. The number of hydrogen-bond donors (Lipinski definition) is 26. The molecule has 0 unspecified atom stereocenters. The molecule has 0 aliphatic carbocycles. The molecule has 6 aliphatic rings. The maximum Gasteiger partial charge on any atom is 0.364 e. The van der Waals surface area contributed by atoms with Crippen LogP contribution in [0.5, 0.6) is 0 Å². The van der Waals surface area contributed by atoms with Gasteiger partial charge in [0, 0.05) is 27.2 Å². The highest BCUT2D eigenvalue weighted by Gasteiger charge is 2.62. The van der Waals surface area contributed by atoms with Crippen molar-refractivity contribution in [3.8, 4) is 0 Å². The van der Waals surface area contributed by atoms with Crippen LogP contribution in [0.25, 0.3) is 0 Å². The summed E-state index contributed by atoms with van der Waals surface area (Å²) < 4.78 is 69.3. The molecule has 540 valence electrons. The largest absolute Gasteiger partial charge is 0.477 e. The van der Waals surface area contributed by atoms with Crippen molar-refractivity contribution in [1.29, 1.82) is 0 Å². The van der Waals surface area contributed by atoms with Crippen LogP contribution in [0.15, 0.2) is 0 Å². The number of aliphatic hydroxyl groups excluding tert-OH is 22. The molecule has 6 saturated heterocycles. The maximum atomic E-state index is 13.1. The van der Waals surface area contributed by atoms with Gasteiger partial charge in [0.05, 0.1) is 65.0 Å². The number of carboxylic acids is 1. The van der Waals surface area contributed by atoms with E-state index in [1.54, 1.807) is 0 Å². The predicted molar refractivity (Wildman–Crippen MR) is 286 cm³/mol. The Hall–Kier alpha value is -3.48. The van der Waals surface area contributed by atoms with Crippen LogP contribution in [0.1, 0.15) is 27.2 Å². The molecule has 0 radical (unpaired) electrons. The summed E-state index contributed by atoms with van der Waals surface area (Å²) in [6, 6.07) is -5.50. The van der Waals surface area contributed by atoms with Gasteiger partial charge in [-0.1, -0.05) is 0 Å². The SMILES string of the molecule is CC(=O)N[C@H]1[C@H](O[C@H]2[C@@H](O)[C@@H](CO[C@@H]3O[C@H](CO)[C@@H](O[C@@H]4O[C@H](CO)[C@H](O)[C@H](O[C@]5(C(=O)O)C[C@H](O)[C@@H](NC(C)=O)[C@H]([C@H](O)[C@H](O)CO)O5)[C@H]4O)[C@H](O)[C@H]3NC(C)=O)O[C@@H](O[C@@H]([C@H](O)[C@@H](O)CO)[C@H](O)CO)[C@@H]2O)O[C@H](CO)[C@@H](O[C@@H]2O[C@H](CO)[C@H](O)[C@H](O)[C@H]2O)[C@@H]1O. The van der Waals surface area contributed by atoms with Crippen molar-refractivity contribution in [3.05, 3.63) is 0 Å². The van der Waals surface area contributed by atoms with Crippen LogP contribution >= 0.6 is 0 Å².